The first kappa shape index (κ1) is 11.1. The first-order chi connectivity index (χ1) is 6.69. The monoisotopic (exact) mass is 212 g/mol. The number of esters is 1. The number of ether oxygens (including phenoxy) is 1. The van der Waals surface area contributed by atoms with Crippen molar-refractivity contribution in [1.82, 2.24) is 0 Å². The lowest BCUT2D eigenvalue weighted by Crippen LogP contribution is -2.13. The largest absolute Gasteiger partial charge is 0.469 e. The highest BCUT2D eigenvalue weighted by Gasteiger charge is 2.18. The standard InChI is InChI=1S/C11H13ClO2/c1-3-10(11(13)14-2)8-5-4-6-9(12)7-8/h4-7,10H,3H2,1-2H3. The van der Waals surface area contributed by atoms with Crippen LogP contribution in [0.15, 0.2) is 24.3 Å². The number of rotatable bonds is 3. The number of hydrogen-bond donors (Lipinski definition) is 0. The Labute approximate surface area is 88.8 Å². The zero-order valence-electron chi connectivity index (χ0n) is 8.29. The van der Waals surface area contributed by atoms with Gasteiger partial charge in [-0.25, -0.2) is 0 Å². The van der Waals surface area contributed by atoms with Gasteiger partial charge in [0, 0.05) is 5.02 Å². The van der Waals surface area contributed by atoms with E-state index in [-0.39, 0.29) is 11.9 Å². The van der Waals surface area contributed by atoms with E-state index in [9.17, 15) is 4.79 Å². The average molecular weight is 213 g/mol. The van der Waals surface area contributed by atoms with Crippen LogP contribution in [0.1, 0.15) is 24.8 Å². The van der Waals surface area contributed by atoms with Gasteiger partial charge in [-0.05, 0) is 24.1 Å². The number of halogens is 1. The summed E-state index contributed by atoms with van der Waals surface area (Å²) < 4.78 is 4.72. The summed E-state index contributed by atoms with van der Waals surface area (Å²) in [4.78, 5) is 11.4. The molecule has 0 aromatic heterocycles. The van der Waals surface area contributed by atoms with Crippen molar-refractivity contribution in [1.29, 1.82) is 0 Å². The summed E-state index contributed by atoms with van der Waals surface area (Å²) >= 11 is 5.84. The Hall–Kier alpha value is -1.02. The summed E-state index contributed by atoms with van der Waals surface area (Å²) in [6.07, 6.45) is 0.715. The molecule has 0 bridgehead atoms. The predicted octanol–water partition coefficient (Wildman–Crippen LogP) is 3.01. The summed E-state index contributed by atoms with van der Waals surface area (Å²) in [5, 5.41) is 0.643. The van der Waals surface area contributed by atoms with Crippen LogP contribution in [0.2, 0.25) is 5.02 Å². The maximum atomic E-state index is 11.4. The Balaban J connectivity index is 2.94. The molecule has 14 heavy (non-hydrogen) atoms. The van der Waals surface area contributed by atoms with Gasteiger partial charge in [-0.2, -0.15) is 0 Å². The maximum Gasteiger partial charge on any atom is 0.313 e. The van der Waals surface area contributed by atoms with E-state index >= 15 is 0 Å². The predicted molar refractivity (Wildman–Crippen MR) is 56.5 cm³/mol. The zero-order valence-corrected chi connectivity index (χ0v) is 9.04. The van der Waals surface area contributed by atoms with Crippen molar-refractivity contribution >= 4 is 17.6 Å². The molecule has 0 saturated carbocycles. The molecule has 1 atom stereocenters. The van der Waals surface area contributed by atoms with Crippen LogP contribution in [0.5, 0.6) is 0 Å². The summed E-state index contributed by atoms with van der Waals surface area (Å²) in [5.41, 5.74) is 0.909. The van der Waals surface area contributed by atoms with E-state index in [2.05, 4.69) is 0 Å². The molecule has 0 fully saturated rings. The second kappa shape index (κ2) is 5.01. The smallest absolute Gasteiger partial charge is 0.313 e. The molecule has 0 aliphatic rings. The van der Waals surface area contributed by atoms with E-state index in [4.69, 9.17) is 16.3 Å². The van der Waals surface area contributed by atoms with Gasteiger partial charge in [0.15, 0.2) is 0 Å². The van der Waals surface area contributed by atoms with Gasteiger partial charge >= 0.3 is 5.97 Å². The van der Waals surface area contributed by atoms with E-state index in [0.29, 0.717) is 11.4 Å². The molecule has 1 aromatic rings. The van der Waals surface area contributed by atoms with Gasteiger partial charge in [0.1, 0.15) is 0 Å². The highest BCUT2D eigenvalue weighted by Crippen LogP contribution is 2.23. The first-order valence-electron chi connectivity index (χ1n) is 4.52. The van der Waals surface area contributed by atoms with Crippen LogP contribution >= 0.6 is 11.6 Å². The molecular formula is C11H13ClO2. The molecule has 0 amide bonds. The molecule has 76 valence electrons. The minimum absolute atomic E-state index is 0.210. The lowest BCUT2D eigenvalue weighted by Gasteiger charge is -2.12. The third-order valence-corrected chi connectivity index (χ3v) is 2.38. The van der Waals surface area contributed by atoms with Crippen LogP contribution < -0.4 is 0 Å². The fourth-order valence-electron chi connectivity index (χ4n) is 1.40. The van der Waals surface area contributed by atoms with Crippen LogP contribution in [0.25, 0.3) is 0 Å². The molecule has 0 spiro atoms. The van der Waals surface area contributed by atoms with Crippen molar-refractivity contribution in [2.24, 2.45) is 0 Å². The minimum atomic E-state index is -0.213. The number of methoxy groups -OCH3 is 1. The van der Waals surface area contributed by atoms with E-state index in [1.165, 1.54) is 7.11 Å². The molecule has 1 aromatic carbocycles. The third-order valence-electron chi connectivity index (χ3n) is 2.14. The van der Waals surface area contributed by atoms with Crippen molar-refractivity contribution < 1.29 is 9.53 Å². The molecule has 1 rings (SSSR count). The fourth-order valence-corrected chi connectivity index (χ4v) is 1.60. The Morgan fingerprint density at radius 1 is 1.57 bits per heavy atom. The van der Waals surface area contributed by atoms with Gasteiger partial charge in [0.2, 0.25) is 0 Å². The van der Waals surface area contributed by atoms with Gasteiger partial charge in [-0.15, -0.1) is 0 Å². The van der Waals surface area contributed by atoms with Gasteiger partial charge < -0.3 is 4.74 Å². The summed E-state index contributed by atoms with van der Waals surface area (Å²) in [6, 6.07) is 7.31. The topological polar surface area (TPSA) is 26.3 Å². The van der Waals surface area contributed by atoms with E-state index in [1.807, 2.05) is 19.1 Å². The van der Waals surface area contributed by atoms with Crippen LogP contribution in [-0.4, -0.2) is 13.1 Å². The second-order valence-corrected chi connectivity index (χ2v) is 3.48. The summed E-state index contributed by atoms with van der Waals surface area (Å²) in [7, 11) is 1.40. The first-order valence-corrected chi connectivity index (χ1v) is 4.90. The van der Waals surface area contributed by atoms with E-state index < -0.39 is 0 Å². The lowest BCUT2D eigenvalue weighted by molar-refractivity contribution is -0.142. The zero-order chi connectivity index (χ0) is 10.6. The van der Waals surface area contributed by atoms with Crippen LogP contribution in [0, 0.1) is 0 Å². The highest BCUT2D eigenvalue weighted by atomic mass is 35.5. The van der Waals surface area contributed by atoms with E-state index in [0.717, 1.165) is 5.56 Å². The number of benzene rings is 1. The Morgan fingerprint density at radius 3 is 2.79 bits per heavy atom. The molecule has 3 heteroatoms. The van der Waals surface area contributed by atoms with Crippen LogP contribution in [-0.2, 0) is 9.53 Å². The van der Waals surface area contributed by atoms with Crippen molar-refractivity contribution in [3.8, 4) is 0 Å². The van der Waals surface area contributed by atoms with Crippen molar-refractivity contribution in [2.75, 3.05) is 7.11 Å². The molecule has 2 nitrogen and oxygen atoms in total. The van der Waals surface area contributed by atoms with Crippen molar-refractivity contribution in [3.63, 3.8) is 0 Å². The molecule has 0 heterocycles. The fraction of sp³-hybridized carbons (Fsp3) is 0.364. The van der Waals surface area contributed by atoms with E-state index in [1.54, 1.807) is 12.1 Å². The number of carbonyl (C=O) groups excluding carboxylic acids is 1. The summed E-state index contributed by atoms with van der Waals surface area (Å²) in [5.74, 6) is -0.423. The normalized spacial score (nSPS) is 12.2. The quantitative estimate of drug-likeness (QED) is 0.720. The lowest BCUT2D eigenvalue weighted by atomic mass is 9.97. The second-order valence-electron chi connectivity index (χ2n) is 3.04. The van der Waals surface area contributed by atoms with Gasteiger partial charge in [0.05, 0.1) is 13.0 Å². The molecule has 1 unspecified atom stereocenters. The molecule has 0 aliphatic carbocycles. The van der Waals surface area contributed by atoms with Crippen LogP contribution in [0.4, 0.5) is 0 Å². The molecule has 0 aliphatic heterocycles. The van der Waals surface area contributed by atoms with Crippen LogP contribution in [0.3, 0.4) is 0 Å². The average Bonchev–Trinajstić information content (AvgIpc) is 2.19. The van der Waals surface area contributed by atoms with Crippen molar-refractivity contribution in [3.05, 3.63) is 34.9 Å². The van der Waals surface area contributed by atoms with Gasteiger partial charge in [-0.3, -0.25) is 4.79 Å². The highest BCUT2D eigenvalue weighted by molar-refractivity contribution is 6.30. The van der Waals surface area contributed by atoms with Gasteiger partial charge in [0.25, 0.3) is 0 Å². The molecule has 0 N–H and O–H groups in total. The Bertz CT molecular complexity index is 323. The Kier molecular flexibility index (Phi) is 3.96. The van der Waals surface area contributed by atoms with Gasteiger partial charge in [-0.1, -0.05) is 30.7 Å². The Morgan fingerprint density at radius 2 is 2.29 bits per heavy atom. The number of carbonyl (C=O) groups is 1. The SMILES string of the molecule is CCC(C(=O)OC)c1cccc(Cl)c1. The maximum absolute atomic E-state index is 11.4. The third kappa shape index (κ3) is 2.48. The van der Waals surface area contributed by atoms with Crippen molar-refractivity contribution in [2.45, 2.75) is 19.3 Å². The molecule has 0 saturated heterocycles. The molecule has 0 radical (unpaired) electrons. The minimum Gasteiger partial charge on any atom is -0.469 e. The number of hydrogen-bond acceptors (Lipinski definition) is 2. The summed E-state index contributed by atoms with van der Waals surface area (Å²) in [6.45, 7) is 1.95. The molecular weight excluding hydrogens is 200 g/mol.